The van der Waals surface area contributed by atoms with E-state index >= 15 is 0 Å². The van der Waals surface area contributed by atoms with Crippen LogP contribution in [0.25, 0.3) is 0 Å². The van der Waals surface area contributed by atoms with E-state index in [4.69, 9.17) is 4.74 Å². The maximum atomic E-state index is 13.7. The second-order valence-corrected chi connectivity index (χ2v) is 9.58. The SMILES string of the molecule is COC(=O)C(NCC(C)(C(=O)N1CCCC1)c1ccc(N(C)Cc2ccccc2)c([N+](=O)[O-])c1)C(C)=O. The summed E-state index contributed by atoms with van der Waals surface area (Å²) in [5.41, 5.74) is 0.436. The molecule has 1 aliphatic rings. The zero-order valence-corrected chi connectivity index (χ0v) is 21.7. The lowest BCUT2D eigenvalue weighted by Gasteiger charge is -2.34. The third kappa shape index (κ3) is 6.32. The molecule has 1 saturated heterocycles. The van der Waals surface area contributed by atoms with Crippen LogP contribution in [-0.4, -0.2) is 67.3 Å². The Morgan fingerprint density at radius 2 is 1.81 bits per heavy atom. The number of carbonyl (C=O) groups is 3. The van der Waals surface area contributed by atoms with Gasteiger partial charge < -0.3 is 14.5 Å². The zero-order valence-electron chi connectivity index (χ0n) is 21.7. The lowest BCUT2D eigenvalue weighted by atomic mass is 9.80. The molecule has 0 bridgehead atoms. The van der Waals surface area contributed by atoms with Crippen molar-refractivity contribution >= 4 is 29.0 Å². The van der Waals surface area contributed by atoms with Crippen LogP contribution < -0.4 is 10.2 Å². The molecule has 1 heterocycles. The minimum absolute atomic E-state index is 0.0853. The van der Waals surface area contributed by atoms with E-state index in [-0.39, 0.29) is 18.1 Å². The molecule has 0 spiro atoms. The molecule has 10 nitrogen and oxygen atoms in total. The molecule has 10 heteroatoms. The van der Waals surface area contributed by atoms with Crippen LogP contribution in [0.5, 0.6) is 0 Å². The number of hydrogen-bond acceptors (Lipinski definition) is 8. The largest absolute Gasteiger partial charge is 0.468 e. The van der Waals surface area contributed by atoms with E-state index in [0.29, 0.717) is 30.9 Å². The lowest BCUT2D eigenvalue weighted by molar-refractivity contribution is -0.384. The number of carbonyl (C=O) groups excluding carboxylic acids is 3. The van der Waals surface area contributed by atoms with Gasteiger partial charge in [0.15, 0.2) is 11.8 Å². The Bertz CT molecular complexity index is 1150. The minimum atomic E-state index is -1.27. The van der Waals surface area contributed by atoms with Gasteiger partial charge in [-0.3, -0.25) is 25.0 Å². The molecule has 37 heavy (non-hydrogen) atoms. The zero-order chi connectivity index (χ0) is 27.2. The minimum Gasteiger partial charge on any atom is -0.468 e. The fourth-order valence-electron chi connectivity index (χ4n) is 4.67. The number of likely N-dealkylation sites (tertiary alicyclic amines) is 1. The van der Waals surface area contributed by atoms with Gasteiger partial charge in [-0.1, -0.05) is 36.4 Å². The number of nitro benzene ring substituents is 1. The number of hydrogen-bond donors (Lipinski definition) is 1. The Morgan fingerprint density at radius 1 is 1.16 bits per heavy atom. The summed E-state index contributed by atoms with van der Waals surface area (Å²) in [6.07, 6.45) is 1.74. The van der Waals surface area contributed by atoms with Crippen molar-refractivity contribution in [3.8, 4) is 0 Å². The average molecular weight is 511 g/mol. The van der Waals surface area contributed by atoms with Gasteiger partial charge in [0.25, 0.3) is 5.69 Å². The highest BCUT2D eigenvalue weighted by atomic mass is 16.6. The number of esters is 1. The maximum absolute atomic E-state index is 13.7. The molecule has 1 fully saturated rings. The highest BCUT2D eigenvalue weighted by Crippen LogP contribution is 2.36. The lowest BCUT2D eigenvalue weighted by Crippen LogP contribution is -2.54. The van der Waals surface area contributed by atoms with E-state index in [2.05, 4.69) is 5.32 Å². The number of amides is 1. The monoisotopic (exact) mass is 510 g/mol. The first-order chi connectivity index (χ1) is 17.6. The Hall–Kier alpha value is -3.79. The third-order valence-corrected chi connectivity index (χ3v) is 6.85. The van der Waals surface area contributed by atoms with Crippen LogP contribution in [0.3, 0.4) is 0 Å². The summed E-state index contributed by atoms with van der Waals surface area (Å²) in [4.78, 5) is 53.2. The number of anilines is 1. The number of nitro groups is 1. The van der Waals surface area contributed by atoms with Crippen LogP contribution in [0.15, 0.2) is 48.5 Å². The molecule has 0 saturated carbocycles. The van der Waals surface area contributed by atoms with Crippen molar-refractivity contribution in [1.82, 2.24) is 10.2 Å². The third-order valence-electron chi connectivity index (χ3n) is 6.85. The standard InChI is InChI=1S/C27H34N4O6/c1-19(32)24(25(33)37-4)28-18-27(2,26(34)30-14-8-9-15-30)21-12-13-22(23(16-21)31(35)36)29(3)17-20-10-6-5-7-11-20/h5-7,10-13,16,24,28H,8-9,14-15,17-18H2,1-4H3. The fourth-order valence-corrected chi connectivity index (χ4v) is 4.67. The predicted molar refractivity (Wildman–Crippen MR) is 139 cm³/mol. The van der Waals surface area contributed by atoms with Crippen LogP contribution in [0.2, 0.25) is 0 Å². The van der Waals surface area contributed by atoms with Gasteiger partial charge in [-0.15, -0.1) is 0 Å². The van der Waals surface area contributed by atoms with Crippen molar-refractivity contribution in [3.63, 3.8) is 0 Å². The number of Topliss-reactive ketones (excluding diaryl/α,β-unsaturated/α-hetero) is 1. The van der Waals surface area contributed by atoms with Crippen molar-refractivity contribution in [2.24, 2.45) is 0 Å². The summed E-state index contributed by atoms with van der Waals surface area (Å²) in [6, 6.07) is 13.1. The molecule has 2 aromatic carbocycles. The van der Waals surface area contributed by atoms with Gasteiger partial charge in [0.1, 0.15) is 5.69 Å². The number of ketones is 1. The van der Waals surface area contributed by atoms with Crippen LogP contribution in [0, 0.1) is 10.1 Å². The smallest absolute Gasteiger partial charge is 0.330 e. The van der Waals surface area contributed by atoms with E-state index in [9.17, 15) is 24.5 Å². The van der Waals surface area contributed by atoms with Crippen molar-refractivity contribution in [3.05, 3.63) is 69.8 Å². The molecule has 0 radical (unpaired) electrons. The maximum Gasteiger partial charge on any atom is 0.330 e. The Kier molecular flexibility index (Phi) is 8.99. The van der Waals surface area contributed by atoms with Crippen LogP contribution >= 0.6 is 0 Å². The van der Waals surface area contributed by atoms with E-state index in [0.717, 1.165) is 18.4 Å². The van der Waals surface area contributed by atoms with Crippen molar-refractivity contribution < 1.29 is 24.0 Å². The normalized spacial score (nSPS) is 15.5. The first-order valence-electron chi connectivity index (χ1n) is 12.2. The second-order valence-electron chi connectivity index (χ2n) is 9.58. The predicted octanol–water partition coefficient (Wildman–Crippen LogP) is 2.83. The quantitative estimate of drug-likeness (QED) is 0.212. The molecule has 3 rings (SSSR count). The highest BCUT2D eigenvalue weighted by molar-refractivity contribution is 6.02. The topological polar surface area (TPSA) is 122 Å². The van der Waals surface area contributed by atoms with E-state index in [1.807, 2.05) is 30.3 Å². The molecule has 2 unspecified atom stereocenters. The number of rotatable bonds is 11. The van der Waals surface area contributed by atoms with E-state index in [1.54, 1.807) is 35.9 Å². The van der Waals surface area contributed by atoms with E-state index in [1.165, 1.54) is 20.1 Å². The fraction of sp³-hybridized carbons (Fsp3) is 0.444. The number of ether oxygens (including phenoxy) is 1. The molecular formula is C27H34N4O6. The molecule has 1 N–H and O–H groups in total. The molecule has 2 atom stereocenters. The number of nitrogens with zero attached hydrogens (tertiary/aromatic N) is 3. The second kappa shape index (κ2) is 12.0. The average Bonchev–Trinajstić information content (AvgIpc) is 3.43. The highest BCUT2D eigenvalue weighted by Gasteiger charge is 2.42. The van der Waals surface area contributed by atoms with Gasteiger partial charge in [-0.05, 0) is 43.9 Å². The molecule has 0 aliphatic carbocycles. The first kappa shape index (κ1) is 27.8. The van der Waals surface area contributed by atoms with Gasteiger partial charge in [-0.25, -0.2) is 4.79 Å². The van der Waals surface area contributed by atoms with Crippen molar-refractivity contribution in [2.75, 3.05) is 38.7 Å². The van der Waals surface area contributed by atoms with Gasteiger partial charge in [0.05, 0.1) is 17.4 Å². The van der Waals surface area contributed by atoms with Crippen molar-refractivity contribution in [1.29, 1.82) is 0 Å². The van der Waals surface area contributed by atoms with E-state index < -0.39 is 28.1 Å². The summed E-state index contributed by atoms with van der Waals surface area (Å²) in [5, 5.41) is 15.0. The summed E-state index contributed by atoms with van der Waals surface area (Å²) in [5.74, 6) is -1.43. The summed E-state index contributed by atoms with van der Waals surface area (Å²) in [6.45, 7) is 4.49. The first-order valence-corrected chi connectivity index (χ1v) is 12.2. The molecule has 2 aromatic rings. The summed E-state index contributed by atoms with van der Waals surface area (Å²) in [7, 11) is 2.96. The Morgan fingerprint density at radius 3 is 2.38 bits per heavy atom. The molecular weight excluding hydrogens is 476 g/mol. The van der Waals surface area contributed by atoms with Gasteiger partial charge in [0.2, 0.25) is 5.91 Å². The Balaban J connectivity index is 2.00. The van der Waals surface area contributed by atoms with Gasteiger partial charge in [-0.2, -0.15) is 0 Å². The molecule has 1 amide bonds. The molecule has 0 aromatic heterocycles. The summed E-state index contributed by atoms with van der Waals surface area (Å²) < 4.78 is 4.73. The number of benzene rings is 2. The van der Waals surface area contributed by atoms with Crippen LogP contribution in [0.4, 0.5) is 11.4 Å². The number of nitrogens with one attached hydrogen (secondary N) is 1. The molecule has 198 valence electrons. The number of methoxy groups -OCH3 is 1. The van der Waals surface area contributed by atoms with Gasteiger partial charge >= 0.3 is 5.97 Å². The Labute approximate surface area is 216 Å². The van der Waals surface area contributed by atoms with Crippen LogP contribution in [-0.2, 0) is 31.1 Å². The van der Waals surface area contributed by atoms with Crippen molar-refractivity contribution in [2.45, 2.75) is 44.7 Å². The molecule has 1 aliphatic heterocycles. The van der Waals surface area contributed by atoms with Gasteiger partial charge in [0, 0.05) is 39.3 Å². The van der Waals surface area contributed by atoms with Crippen LogP contribution in [0.1, 0.15) is 37.8 Å². The summed E-state index contributed by atoms with van der Waals surface area (Å²) >= 11 is 0.